The Bertz CT molecular complexity index is 352. The van der Waals surface area contributed by atoms with Crippen molar-refractivity contribution in [3.63, 3.8) is 0 Å². The highest BCUT2D eigenvalue weighted by Gasteiger charge is 2.27. The number of rotatable bonds is 3. The predicted octanol–water partition coefficient (Wildman–Crippen LogP) is 0.514. The van der Waals surface area contributed by atoms with Gasteiger partial charge >= 0.3 is 0 Å². The first kappa shape index (κ1) is 10.9. The van der Waals surface area contributed by atoms with Crippen molar-refractivity contribution < 1.29 is 9.90 Å². The Morgan fingerprint density at radius 2 is 2.43 bits per heavy atom. The molecule has 1 aromatic rings. The number of hydrogen-bond donors (Lipinski definition) is 2. The summed E-state index contributed by atoms with van der Waals surface area (Å²) in [6.45, 7) is 1.36. The van der Waals surface area contributed by atoms with E-state index in [0.717, 1.165) is 0 Å². The van der Waals surface area contributed by atoms with Crippen LogP contribution < -0.4 is 5.73 Å². The number of carbonyl (C=O) groups is 1. The zero-order valence-electron chi connectivity index (χ0n) is 7.70. The SMILES string of the molecule is CC(O)(Cc1ccnc(Cl)c1)C(N)=O. The maximum absolute atomic E-state index is 10.8. The molecule has 76 valence electrons. The summed E-state index contributed by atoms with van der Waals surface area (Å²) in [6, 6.07) is 3.25. The molecule has 0 aliphatic rings. The van der Waals surface area contributed by atoms with Crippen molar-refractivity contribution in [1.29, 1.82) is 0 Å². The third-order valence-corrected chi connectivity index (χ3v) is 2.08. The van der Waals surface area contributed by atoms with Crippen LogP contribution in [0.3, 0.4) is 0 Å². The highest BCUT2D eigenvalue weighted by molar-refractivity contribution is 6.29. The van der Waals surface area contributed by atoms with E-state index in [1.807, 2.05) is 0 Å². The quantitative estimate of drug-likeness (QED) is 0.720. The summed E-state index contributed by atoms with van der Waals surface area (Å²) in [4.78, 5) is 14.6. The van der Waals surface area contributed by atoms with Gasteiger partial charge in [0.2, 0.25) is 5.91 Å². The number of pyridine rings is 1. The fraction of sp³-hybridized carbons (Fsp3) is 0.333. The van der Waals surface area contributed by atoms with Crippen LogP contribution in [0, 0.1) is 0 Å². The van der Waals surface area contributed by atoms with E-state index in [2.05, 4.69) is 4.98 Å². The average Bonchev–Trinajstić information content (AvgIpc) is 2.02. The van der Waals surface area contributed by atoms with Crippen LogP contribution in [-0.4, -0.2) is 21.6 Å². The molecule has 0 aliphatic heterocycles. The molecule has 1 rings (SSSR count). The van der Waals surface area contributed by atoms with Gasteiger partial charge < -0.3 is 10.8 Å². The molecule has 4 nitrogen and oxygen atoms in total. The molecule has 1 heterocycles. The van der Waals surface area contributed by atoms with E-state index in [1.54, 1.807) is 12.1 Å². The predicted molar refractivity (Wildman–Crippen MR) is 52.8 cm³/mol. The first-order valence-electron chi connectivity index (χ1n) is 4.04. The normalized spacial score (nSPS) is 14.8. The Hall–Kier alpha value is -1.13. The second-order valence-electron chi connectivity index (χ2n) is 3.30. The topological polar surface area (TPSA) is 76.2 Å². The van der Waals surface area contributed by atoms with Gasteiger partial charge in [-0.1, -0.05) is 11.6 Å². The Labute approximate surface area is 86.7 Å². The van der Waals surface area contributed by atoms with Gasteiger partial charge in [0.25, 0.3) is 0 Å². The van der Waals surface area contributed by atoms with Crippen molar-refractivity contribution in [2.24, 2.45) is 5.73 Å². The molecule has 0 aliphatic carbocycles. The number of amides is 1. The molecule has 1 aromatic heterocycles. The number of carbonyl (C=O) groups excluding carboxylic acids is 1. The Morgan fingerprint density at radius 3 is 2.93 bits per heavy atom. The van der Waals surface area contributed by atoms with Crippen LogP contribution >= 0.6 is 11.6 Å². The van der Waals surface area contributed by atoms with Crippen molar-refractivity contribution in [2.75, 3.05) is 0 Å². The molecular weight excluding hydrogens is 204 g/mol. The maximum atomic E-state index is 10.8. The summed E-state index contributed by atoms with van der Waals surface area (Å²) in [5.41, 5.74) is 4.18. The number of aromatic nitrogens is 1. The van der Waals surface area contributed by atoms with Gasteiger partial charge in [0.05, 0.1) is 0 Å². The van der Waals surface area contributed by atoms with E-state index >= 15 is 0 Å². The van der Waals surface area contributed by atoms with Crippen molar-refractivity contribution in [2.45, 2.75) is 18.9 Å². The number of hydrogen-bond acceptors (Lipinski definition) is 3. The molecule has 1 atom stereocenters. The third kappa shape index (κ3) is 2.68. The van der Waals surface area contributed by atoms with E-state index in [4.69, 9.17) is 17.3 Å². The highest BCUT2D eigenvalue weighted by Crippen LogP contribution is 2.14. The number of nitrogens with two attached hydrogens (primary N) is 1. The first-order valence-corrected chi connectivity index (χ1v) is 4.42. The van der Waals surface area contributed by atoms with E-state index < -0.39 is 11.5 Å². The summed E-state index contributed by atoms with van der Waals surface area (Å²) in [5.74, 6) is -0.759. The summed E-state index contributed by atoms with van der Waals surface area (Å²) in [6.07, 6.45) is 1.64. The molecule has 1 unspecified atom stereocenters. The van der Waals surface area contributed by atoms with Gasteiger partial charge in [-0.3, -0.25) is 4.79 Å². The average molecular weight is 215 g/mol. The smallest absolute Gasteiger partial charge is 0.249 e. The van der Waals surface area contributed by atoms with Crippen molar-refractivity contribution >= 4 is 17.5 Å². The van der Waals surface area contributed by atoms with Gasteiger partial charge in [-0.15, -0.1) is 0 Å². The van der Waals surface area contributed by atoms with Crippen molar-refractivity contribution in [3.05, 3.63) is 29.0 Å². The minimum atomic E-state index is -1.55. The lowest BCUT2D eigenvalue weighted by Crippen LogP contribution is -2.42. The van der Waals surface area contributed by atoms with Crippen LogP contribution in [0.25, 0.3) is 0 Å². The molecule has 3 N–H and O–H groups in total. The Balaban J connectivity index is 2.83. The van der Waals surface area contributed by atoms with Crippen LogP contribution in [0.1, 0.15) is 12.5 Å². The fourth-order valence-corrected chi connectivity index (χ4v) is 1.23. The molecule has 0 fully saturated rings. The first-order chi connectivity index (χ1) is 6.42. The molecule has 0 radical (unpaired) electrons. The van der Waals surface area contributed by atoms with Gasteiger partial charge in [0.1, 0.15) is 10.8 Å². The van der Waals surface area contributed by atoms with E-state index in [0.29, 0.717) is 10.7 Å². The Kier molecular flexibility index (Phi) is 3.08. The minimum absolute atomic E-state index is 0.130. The number of nitrogens with zero attached hydrogens (tertiary/aromatic N) is 1. The number of aliphatic hydroxyl groups is 1. The highest BCUT2D eigenvalue weighted by atomic mass is 35.5. The van der Waals surface area contributed by atoms with Gasteiger partial charge in [0.15, 0.2) is 0 Å². The third-order valence-electron chi connectivity index (χ3n) is 1.87. The summed E-state index contributed by atoms with van der Waals surface area (Å²) in [5, 5.41) is 9.92. The van der Waals surface area contributed by atoms with Gasteiger partial charge in [-0.25, -0.2) is 4.98 Å². The van der Waals surface area contributed by atoms with E-state index in [1.165, 1.54) is 13.1 Å². The lowest BCUT2D eigenvalue weighted by Gasteiger charge is -2.18. The van der Waals surface area contributed by atoms with E-state index in [-0.39, 0.29) is 6.42 Å². The van der Waals surface area contributed by atoms with Crippen LogP contribution in [0.2, 0.25) is 5.15 Å². The van der Waals surface area contributed by atoms with E-state index in [9.17, 15) is 9.90 Å². The Morgan fingerprint density at radius 1 is 1.79 bits per heavy atom. The van der Waals surface area contributed by atoms with Gasteiger partial charge in [-0.2, -0.15) is 0 Å². The fourth-order valence-electron chi connectivity index (χ4n) is 1.04. The molecular formula is C9H11ClN2O2. The standard InChI is InChI=1S/C9H11ClN2O2/c1-9(14,8(11)13)5-6-2-3-12-7(10)4-6/h2-4,14H,5H2,1H3,(H2,11,13). The molecule has 14 heavy (non-hydrogen) atoms. The van der Waals surface area contributed by atoms with Gasteiger partial charge in [-0.05, 0) is 24.6 Å². The molecule has 5 heteroatoms. The minimum Gasteiger partial charge on any atom is -0.380 e. The lowest BCUT2D eigenvalue weighted by atomic mass is 9.97. The second kappa shape index (κ2) is 3.94. The molecule has 0 spiro atoms. The number of halogens is 1. The zero-order chi connectivity index (χ0) is 10.8. The molecule has 0 aromatic carbocycles. The monoisotopic (exact) mass is 214 g/mol. The zero-order valence-corrected chi connectivity index (χ0v) is 8.45. The van der Waals surface area contributed by atoms with Crippen molar-refractivity contribution in [3.8, 4) is 0 Å². The van der Waals surface area contributed by atoms with Crippen LogP contribution in [0.5, 0.6) is 0 Å². The van der Waals surface area contributed by atoms with Crippen LogP contribution in [0.4, 0.5) is 0 Å². The molecule has 0 saturated carbocycles. The maximum Gasteiger partial charge on any atom is 0.249 e. The lowest BCUT2D eigenvalue weighted by molar-refractivity contribution is -0.134. The van der Waals surface area contributed by atoms with Crippen LogP contribution in [0.15, 0.2) is 18.3 Å². The second-order valence-corrected chi connectivity index (χ2v) is 3.69. The summed E-state index contributed by atoms with van der Waals surface area (Å²) in [7, 11) is 0. The van der Waals surface area contributed by atoms with Gasteiger partial charge in [0, 0.05) is 12.6 Å². The molecule has 1 amide bonds. The summed E-state index contributed by atoms with van der Waals surface area (Å²) < 4.78 is 0. The molecule has 0 saturated heterocycles. The number of primary amides is 1. The van der Waals surface area contributed by atoms with Crippen LogP contribution in [-0.2, 0) is 11.2 Å². The molecule has 0 bridgehead atoms. The summed E-state index contributed by atoms with van der Waals surface area (Å²) >= 11 is 5.64. The largest absolute Gasteiger partial charge is 0.380 e. The van der Waals surface area contributed by atoms with Crippen molar-refractivity contribution in [1.82, 2.24) is 4.98 Å².